The number of nitrogens with one attached hydrogen (secondary N) is 1. The van der Waals surface area contributed by atoms with E-state index in [1.54, 1.807) is 18.2 Å². The van der Waals surface area contributed by atoms with Gasteiger partial charge in [0.2, 0.25) is 5.91 Å². The summed E-state index contributed by atoms with van der Waals surface area (Å²) in [4.78, 5) is 14.5. The van der Waals surface area contributed by atoms with Crippen molar-refractivity contribution in [1.82, 2.24) is 4.90 Å². The van der Waals surface area contributed by atoms with Crippen LogP contribution in [0.2, 0.25) is 5.02 Å². The molecule has 150 valence electrons. The van der Waals surface area contributed by atoms with Gasteiger partial charge in [-0.2, -0.15) is 13.2 Å². The normalized spacial score (nSPS) is 16.2. The van der Waals surface area contributed by atoms with E-state index >= 15 is 0 Å². The molecule has 0 aromatic heterocycles. The highest BCUT2D eigenvalue weighted by Gasteiger charge is 2.34. The summed E-state index contributed by atoms with van der Waals surface area (Å²) in [5, 5.41) is 2.14. The second-order valence-electron chi connectivity index (χ2n) is 6.82. The van der Waals surface area contributed by atoms with Crippen LogP contribution in [0.5, 0.6) is 0 Å². The van der Waals surface area contributed by atoms with Gasteiger partial charge in [0, 0.05) is 23.7 Å². The number of halogens is 5. The Hall–Kier alpha value is -2.12. The monoisotopic (exact) mass is 414 g/mol. The lowest BCUT2D eigenvalue weighted by Crippen LogP contribution is -2.37. The van der Waals surface area contributed by atoms with Crippen LogP contribution in [0, 0.1) is 11.7 Å². The molecule has 1 fully saturated rings. The van der Waals surface area contributed by atoms with E-state index in [4.69, 9.17) is 11.6 Å². The Morgan fingerprint density at radius 2 is 1.82 bits per heavy atom. The predicted molar refractivity (Wildman–Crippen MR) is 99.5 cm³/mol. The van der Waals surface area contributed by atoms with Crippen LogP contribution < -0.4 is 5.32 Å². The van der Waals surface area contributed by atoms with Gasteiger partial charge in [0.25, 0.3) is 0 Å². The number of rotatable bonds is 4. The van der Waals surface area contributed by atoms with Crippen molar-refractivity contribution in [3.63, 3.8) is 0 Å². The summed E-state index contributed by atoms with van der Waals surface area (Å²) in [6, 6.07) is 9.87. The number of piperidine rings is 1. The number of anilines is 1. The number of carbonyl (C=O) groups excluding carboxylic acids is 1. The third kappa shape index (κ3) is 5.02. The van der Waals surface area contributed by atoms with Crippen molar-refractivity contribution < 1.29 is 22.4 Å². The Labute approximate surface area is 165 Å². The Morgan fingerprint density at radius 1 is 1.14 bits per heavy atom. The standard InChI is InChI=1S/C20H19ClF4N2O/c21-17-6-5-15(11-16(17)20(23,24)25)26-19(28)13-7-9-27(10-8-13)12-14-3-1-2-4-18(14)22/h1-6,11,13H,7-10,12H2,(H,26,28). The molecule has 1 saturated heterocycles. The van der Waals surface area contributed by atoms with Gasteiger partial charge >= 0.3 is 6.18 Å². The molecule has 0 saturated carbocycles. The lowest BCUT2D eigenvalue weighted by Gasteiger charge is -2.31. The number of hydrogen-bond acceptors (Lipinski definition) is 2. The molecule has 0 spiro atoms. The Bertz CT molecular complexity index is 848. The largest absolute Gasteiger partial charge is 0.417 e. The molecule has 0 aliphatic carbocycles. The zero-order valence-electron chi connectivity index (χ0n) is 14.9. The molecule has 2 aromatic carbocycles. The topological polar surface area (TPSA) is 32.3 Å². The molecule has 28 heavy (non-hydrogen) atoms. The highest BCUT2D eigenvalue weighted by molar-refractivity contribution is 6.31. The van der Waals surface area contributed by atoms with Crippen molar-refractivity contribution in [2.75, 3.05) is 18.4 Å². The van der Waals surface area contributed by atoms with Crippen LogP contribution in [-0.2, 0) is 17.5 Å². The molecule has 1 aliphatic heterocycles. The maximum absolute atomic E-state index is 13.8. The maximum Gasteiger partial charge on any atom is 0.417 e. The van der Waals surface area contributed by atoms with E-state index in [0.717, 1.165) is 12.1 Å². The number of nitrogens with zero attached hydrogens (tertiary/aromatic N) is 1. The number of carbonyl (C=O) groups is 1. The molecule has 0 atom stereocenters. The van der Waals surface area contributed by atoms with Gasteiger partial charge in [-0.15, -0.1) is 0 Å². The first kappa shape index (κ1) is 20.6. The molecule has 1 N–H and O–H groups in total. The van der Waals surface area contributed by atoms with Gasteiger partial charge in [-0.3, -0.25) is 9.69 Å². The number of alkyl halides is 3. The molecule has 1 aliphatic rings. The maximum atomic E-state index is 13.8. The number of likely N-dealkylation sites (tertiary alicyclic amines) is 1. The smallest absolute Gasteiger partial charge is 0.326 e. The predicted octanol–water partition coefficient (Wildman–Crippen LogP) is 5.35. The van der Waals surface area contributed by atoms with Crippen LogP contribution in [-0.4, -0.2) is 23.9 Å². The van der Waals surface area contributed by atoms with E-state index < -0.39 is 16.8 Å². The van der Waals surface area contributed by atoms with Gasteiger partial charge in [-0.25, -0.2) is 4.39 Å². The van der Waals surface area contributed by atoms with E-state index in [-0.39, 0.29) is 23.3 Å². The number of benzene rings is 2. The van der Waals surface area contributed by atoms with E-state index in [1.807, 2.05) is 0 Å². The molecular formula is C20H19ClF4N2O. The molecule has 3 nitrogen and oxygen atoms in total. The zero-order valence-corrected chi connectivity index (χ0v) is 15.7. The van der Waals surface area contributed by atoms with Crippen molar-refractivity contribution in [3.8, 4) is 0 Å². The van der Waals surface area contributed by atoms with Crippen LogP contribution in [0.25, 0.3) is 0 Å². The second-order valence-corrected chi connectivity index (χ2v) is 7.23. The first-order valence-corrected chi connectivity index (χ1v) is 9.25. The van der Waals surface area contributed by atoms with Crippen LogP contribution >= 0.6 is 11.6 Å². The van der Waals surface area contributed by atoms with Crippen LogP contribution in [0.15, 0.2) is 42.5 Å². The van der Waals surface area contributed by atoms with E-state index in [1.165, 1.54) is 12.1 Å². The fourth-order valence-electron chi connectivity index (χ4n) is 3.29. The SMILES string of the molecule is O=C(Nc1ccc(Cl)c(C(F)(F)F)c1)C1CCN(Cc2ccccc2F)CC1. The van der Waals surface area contributed by atoms with E-state index in [0.29, 0.717) is 38.0 Å². The average molecular weight is 415 g/mol. The number of hydrogen-bond donors (Lipinski definition) is 1. The zero-order chi connectivity index (χ0) is 20.3. The quantitative estimate of drug-likeness (QED) is 0.684. The average Bonchev–Trinajstić information content (AvgIpc) is 2.65. The third-order valence-corrected chi connectivity index (χ3v) is 5.18. The minimum atomic E-state index is -4.59. The van der Waals surface area contributed by atoms with Crippen molar-refractivity contribution in [2.24, 2.45) is 5.92 Å². The second kappa shape index (κ2) is 8.49. The highest BCUT2D eigenvalue weighted by atomic mass is 35.5. The highest BCUT2D eigenvalue weighted by Crippen LogP contribution is 2.36. The van der Waals surface area contributed by atoms with Crippen molar-refractivity contribution >= 4 is 23.2 Å². The van der Waals surface area contributed by atoms with Crippen LogP contribution in [0.3, 0.4) is 0 Å². The van der Waals surface area contributed by atoms with Crippen molar-refractivity contribution in [2.45, 2.75) is 25.6 Å². The molecule has 1 heterocycles. The summed E-state index contributed by atoms with van der Waals surface area (Å²) < 4.78 is 52.6. The molecule has 2 aromatic rings. The lowest BCUT2D eigenvalue weighted by molar-refractivity contribution is -0.137. The van der Waals surface area contributed by atoms with Gasteiger partial charge in [0.15, 0.2) is 0 Å². The van der Waals surface area contributed by atoms with Crippen LogP contribution in [0.1, 0.15) is 24.0 Å². The van der Waals surface area contributed by atoms with Crippen LogP contribution in [0.4, 0.5) is 23.2 Å². The van der Waals surface area contributed by atoms with Gasteiger partial charge in [-0.05, 0) is 50.2 Å². The van der Waals surface area contributed by atoms with Gasteiger partial charge in [0.05, 0.1) is 10.6 Å². The third-order valence-electron chi connectivity index (χ3n) is 4.85. The summed E-state index contributed by atoms with van der Waals surface area (Å²) in [6.45, 7) is 1.69. The van der Waals surface area contributed by atoms with Crippen molar-refractivity contribution in [3.05, 3.63) is 64.4 Å². The molecular weight excluding hydrogens is 396 g/mol. The van der Waals surface area contributed by atoms with Crippen molar-refractivity contribution in [1.29, 1.82) is 0 Å². The summed E-state index contributed by atoms with van der Waals surface area (Å²) in [5.74, 6) is -0.881. The summed E-state index contributed by atoms with van der Waals surface area (Å²) >= 11 is 5.59. The summed E-state index contributed by atoms with van der Waals surface area (Å²) in [6.07, 6.45) is -3.48. The summed E-state index contributed by atoms with van der Waals surface area (Å²) in [5.41, 5.74) is -0.312. The molecule has 1 amide bonds. The fourth-order valence-corrected chi connectivity index (χ4v) is 3.51. The first-order chi connectivity index (χ1) is 13.2. The van der Waals surface area contributed by atoms with E-state index in [2.05, 4.69) is 10.2 Å². The number of amides is 1. The Kier molecular flexibility index (Phi) is 6.25. The Morgan fingerprint density at radius 3 is 2.46 bits per heavy atom. The first-order valence-electron chi connectivity index (χ1n) is 8.87. The molecule has 0 unspecified atom stereocenters. The van der Waals surface area contributed by atoms with E-state index in [9.17, 15) is 22.4 Å². The molecule has 8 heteroatoms. The minimum absolute atomic E-state index is 0.0653. The minimum Gasteiger partial charge on any atom is -0.326 e. The lowest BCUT2D eigenvalue weighted by atomic mass is 9.95. The Balaban J connectivity index is 1.56. The van der Waals surface area contributed by atoms with Gasteiger partial charge in [0.1, 0.15) is 5.82 Å². The molecule has 0 bridgehead atoms. The fraction of sp³-hybridized carbons (Fsp3) is 0.350. The van der Waals surface area contributed by atoms with Gasteiger partial charge in [-0.1, -0.05) is 29.8 Å². The molecule has 0 radical (unpaired) electrons. The van der Waals surface area contributed by atoms with Gasteiger partial charge < -0.3 is 5.32 Å². The summed E-state index contributed by atoms with van der Waals surface area (Å²) in [7, 11) is 0. The molecule has 3 rings (SSSR count).